The van der Waals surface area contributed by atoms with Crippen molar-refractivity contribution in [1.29, 1.82) is 0 Å². The molecular formula is C102H219N7O11. The molecule has 1 aliphatic rings. The summed E-state index contributed by atoms with van der Waals surface area (Å²) in [5, 5.41) is 0. The van der Waals surface area contributed by atoms with Gasteiger partial charge in [-0.1, -0.05) is 262 Å². The Morgan fingerprint density at radius 1 is 0.375 bits per heavy atom. The molecule has 8 atom stereocenters. The molecule has 2 amide bonds. The quantitative estimate of drug-likeness (QED) is 0.0229. The van der Waals surface area contributed by atoms with Gasteiger partial charge >= 0.3 is 18.1 Å². The molecule has 0 radical (unpaired) electrons. The van der Waals surface area contributed by atoms with Crippen LogP contribution in [0, 0.1) is 28.6 Å². The molecule has 18 nitrogen and oxygen atoms in total. The number of pyridine rings is 5. The minimum Gasteiger partial charge on any atom is -0.463 e. The van der Waals surface area contributed by atoms with Crippen LogP contribution >= 0.6 is 0 Å². The van der Waals surface area contributed by atoms with Crippen molar-refractivity contribution in [2.24, 2.45) is 28.6 Å². The van der Waals surface area contributed by atoms with Crippen molar-refractivity contribution in [1.82, 2.24) is 34.7 Å². The second kappa shape index (κ2) is 102. The highest BCUT2D eigenvalue weighted by Crippen LogP contribution is 2.36. The molecule has 0 aliphatic carbocycles. The van der Waals surface area contributed by atoms with Crippen molar-refractivity contribution in [3.05, 3.63) is 150 Å². The van der Waals surface area contributed by atoms with Crippen LogP contribution in [-0.4, -0.2) is 145 Å². The van der Waals surface area contributed by atoms with E-state index in [2.05, 4.69) is 109 Å². The van der Waals surface area contributed by atoms with Crippen LogP contribution in [0.5, 0.6) is 0 Å². The first-order valence-electron chi connectivity index (χ1n) is 34.7. The second-order valence-corrected chi connectivity index (χ2v) is 26.4. The number of hydrogen-bond donors (Lipinski definition) is 0. The van der Waals surface area contributed by atoms with Gasteiger partial charge in [0.15, 0.2) is 0 Å². The molecule has 120 heavy (non-hydrogen) atoms. The fourth-order valence-corrected chi connectivity index (χ4v) is 11.4. The lowest BCUT2D eigenvalue weighted by Gasteiger charge is -2.30. The maximum atomic E-state index is 12.4. The van der Waals surface area contributed by atoms with Gasteiger partial charge in [0.05, 0.1) is 37.8 Å². The topological polar surface area (TPSA) is 212 Å². The van der Waals surface area contributed by atoms with Crippen molar-refractivity contribution >= 4 is 29.9 Å². The minimum atomic E-state index is -0.753. The highest BCUT2D eigenvalue weighted by molar-refractivity contribution is 5.79. The maximum absolute atomic E-state index is 12.4. The summed E-state index contributed by atoms with van der Waals surface area (Å²) in [5.41, 5.74) is 6.16. The third kappa shape index (κ3) is 73.5. The molecule has 0 bridgehead atoms. The van der Waals surface area contributed by atoms with Gasteiger partial charge in [0.2, 0.25) is 11.8 Å². The van der Waals surface area contributed by atoms with Gasteiger partial charge in [-0.25, -0.2) is 4.79 Å². The summed E-state index contributed by atoms with van der Waals surface area (Å²) in [4.78, 5) is 83.3. The van der Waals surface area contributed by atoms with E-state index < -0.39 is 11.6 Å². The van der Waals surface area contributed by atoms with Crippen molar-refractivity contribution < 1.29 is 52.4 Å². The third-order valence-electron chi connectivity index (χ3n) is 16.9. The van der Waals surface area contributed by atoms with Gasteiger partial charge < -0.3 is 38.2 Å². The summed E-state index contributed by atoms with van der Waals surface area (Å²) in [6.45, 7) is 35.6. The van der Waals surface area contributed by atoms with Crippen molar-refractivity contribution in [2.75, 3.05) is 80.0 Å². The zero-order chi connectivity index (χ0) is 70.6. The Hall–Kier alpha value is -7.18. The summed E-state index contributed by atoms with van der Waals surface area (Å²) >= 11 is 0. The van der Waals surface area contributed by atoms with Crippen LogP contribution < -0.4 is 0 Å². The van der Waals surface area contributed by atoms with Crippen LogP contribution in [0.1, 0.15) is 411 Å². The first-order chi connectivity index (χ1) is 45.4. The SMILES string of the molecule is C.C.C.C.C.C.C.C.C.C.C.C.C.C.C.C.C.C.C.C.C.C.C.C.C.CCC(CC(C)(C)C)c1ccncc1.CCC(CC(C)C(=O)N(C)C)c1ccncc1.CCC(CC(C)C(=O)N1CCOCC1)c1ccncc1.CCOC(=O)OCCOC(=O)C(C)(C)CC(CC)c1ccncc1.CCOCCOC(=O)C(C)CC(CC)c1ccncc1. The van der Waals surface area contributed by atoms with E-state index in [1.165, 1.54) is 40.7 Å². The Balaban J connectivity index is -0.0000000418. The van der Waals surface area contributed by atoms with Crippen LogP contribution in [0.4, 0.5) is 4.79 Å². The highest BCUT2D eigenvalue weighted by Gasteiger charge is 2.33. The lowest BCUT2D eigenvalue weighted by atomic mass is 9.79. The van der Waals surface area contributed by atoms with E-state index in [4.69, 9.17) is 23.7 Å². The third-order valence-corrected chi connectivity index (χ3v) is 16.9. The van der Waals surface area contributed by atoms with Gasteiger partial charge in [-0.2, -0.15) is 0 Å². The number of ether oxygens (including phenoxy) is 6. The zero-order valence-corrected chi connectivity index (χ0v) is 60.9. The Labute approximate surface area is 755 Å². The molecule has 18 heteroatoms. The molecule has 0 spiro atoms. The smallest absolute Gasteiger partial charge is 0.463 e. The van der Waals surface area contributed by atoms with E-state index in [1.807, 2.05) is 134 Å². The molecule has 1 aliphatic heterocycles. The Kier molecular flexibility index (Phi) is 153. The highest BCUT2D eigenvalue weighted by atomic mass is 16.7. The van der Waals surface area contributed by atoms with E-state index in [0.29, 0.717) is 68.5 Å². The summed E-state index contributed by atoms with van der Waals surface area (Å²) in [5.74, 6) is 2.23. The lowest BCUT2D eigenvalue weighted by Crippen LogP contribution is -2.43. The average Bonchev–Trinajstić information content (AvgIpc) is 0.853. The van der Waals surface area contributed by atoms with E-state index in [-0.39, 0.29) is 253 Å². The Morgan fingerprint density at radius 3 is 0.950 bits per heavy atom. The number of morpholine rings is 1. The predicted octanol–water partition coefficient (Wildman–Crippen LogP) is 32.0. The molecule has 0 saturated carbocycles. The van der Waals surface area contributed by atoms with Crippen LogP contribution in [0.25, 0.3) is 0 Å². The van der Waals surface area contributed by atoms with E-state index in [9.17, 15) is 24.0 Å². The summed E-state index contributed by atoms with van der Waals surface area (Å²) in [6.07, 6.45) is 27.2. The molecule has 1 fully saturated rings. The molecule has 5 aromatic heterocycles. The molecule has 1 saturated heterocycles. The number of carbonyl (C=O) groups is 5. The summed E-state index contributed by atoms with van der Waals surface area (Å²) < 4.78 is 30.3. The Morgan fingerprint density at radius 2 is 0.658 bits per heavy atom. The first kappa shape index (κ1) is 179. The fourth-order valence-electron chi connectivity index (χ4n) is 11.4. The molecule has 0 N–H and O–H groups in total. The number of hydrogen-bond acceptors (Lipinski definition) is 16. The number of nitrogens with zero attached hydrogens (tertiary/aromatic N) is 7. The average molecular weight is 1720 g/mol. The number of rotatable bonds is 31. The zero-order valence-electron chi connectivity index (χ0n) is 60.9. The van der Waals surface area contributed by atoms with Crippen molar-refractivity contribution in [2.45, 2.75) is 383 Å². The Bertz CT molecular complexity index is 2810. The maximum Gasteiger partial charge on any atom is 0.508 e. The van der Waals surface area contributed by atoms with Crippen LogP contribution in [0.3, 0.4) is 0 Å². The van der Waals surface area contributed by atoms with Gasteiger partial charge in [-0.3, -0.25) is 44.1 Å². The van der Waals surface area contributed by atoms with Crippen LogP contribution in [-0.2, 0) is 47.6 Å². The van der Waals surface area contributed by atoms with Crippen molar-refractivity contribution in [3.63, 3.8) is 0 Å². The van der Waals surface area contributed by atoms with E-state index in [0.717, 1.165) is 58.0 Å². The predicted molar refractivity (Wildman–Crippen MR) is 546 cm³/mol. The molecule has 5 aromatic rings. The van der Waals surface area contributed by atoms with Gasteiger partial charge in [0.25, 0.3) is 0 Å². The van der Waals surface area contributed by atoms with Crippen molar-refractivity contribution in [3.8, 4) is 0 Å². The normalized spacial score (nSPS) is 11.5. The first-order valence-corrected chi connectivity index (χ1v) is 34.7. The molecule has 728 valence electrons. The van der Waals surface area contributed by atoms with Gasteiger partial charge in [-0.15, -0.1) is 0 Å². The van der Waals surface area contributed by atoms with Crippen LogP contribution in [0.15, 0.2) is 123 Å². The minimum absolute atomic E-state index is 0. The second-order valence-electron chi connectivity index (χ2n) is 26.4. The summed E-state index contributed by atoms with van der Waals surface area (Å²) in [7, 11) is 3.62. The molecule has 6 rings (SSSR count). The molecule has 6 heterocycles. The molecule has 8 unspecified atom stereocenters. The largest absolute Gasteiger partial charge is 0.508 e. The van der Waals surface area contributed by atoms with E-state index in [1.54, 1.807) is 36.6 Å². The lowest BCUT2D eigenvalue weighted by molar-refractivity contribution is -0.156. The fraction of sp³-hybridized carbons (Fsp3) is 0.706. The number of amides is 2. The number of esters is 2. The monoisotopic (exact) mass is 1720 g/mol. The standard InChI is InChI=1S/C18H27NO5.C16H24N2O2.C16H25NO3.C14H22N2O.C13H21N.25CH4/c1-5-14(15-7-9-19-10-8-15)13-18(3,4)16(20)23-11-12-24-17(21)22-6-2;1-3-14(15-4-6-17-7-5-15)12-13(2)16(19)18-8-10-20-11-9-18;1-4-14(15-6-8-17-9-7-15)12-13(3)16(18)20-11-10-19-5-2;1-5-12(13-6-8-15-9-7-13)10-11(2)14(17)16(3)4;1-5-11(10-13(2,3)4)12-6-8-14-9-7-12;;;;;;;;;;;;;;;;;;;;;;;;;/h7-10,14H,5-6,11-13H2,1-4H3;4-7,13-14H,3,8-12H2,1-2H3;6-9,13-14H,4-5,10-12H2,1-3H3;6-9,11-12H,5,10H2,1-4H3;6-9,11H,5,10H2,1-4H3;25*1H4. The summed E-state index contributed by atoms with van der Waals surface area (Å²) in [6, 6.07) is 20.5. The van der Waals surface area contributed by atoms with Gasteiger partial charge in [0.1, 0.15) is 19.8 Å². The number of aromatic nitrogens is 5. The van der Waals surface area contributed by atoms with Gasteiger partial charge in [-0.05, 0) is 215 Å². The van der Waals surface area contributed by atoms with E-state index >= 15 is 0 Å². The van der Waals surface area contributed by atoms with Gasteiger partial charge in [0, 0.05) is 108 Å². The van der Waals surface area contributed by atoms with Crippen LogP contribution in [0.2, 0.25) is 0 Å². The molecular weight excluding hydrogens is 1500 g/mol. The molecule has 0 aromatic carbocycles. The number of carbonyl (C=O) groups excluding carboxylic acids is 5.